The van der Waals surface area contributed by atoms with Gasteiger partial charge in [0.1, 0.15) is 11.6 Å². The summed E-state index contributed by atoms with van der Waals surface area (Å²) in [7, 11) is 1.39. The lowest BCUT2D eigenvalue weighted by Gasteiger charge is -2.03. The van der Waals surface area contributed by atoms with Gasteiger partial charge in [-0.2, -0.15) is 13.2 Å². The highest BCUT2D eigenvalue weighted by atomic mass is 79.9. The molecule has 0 saturated carbocycles. The van der Waals surface area contributed by atoms with Crippen LogP contribution in [0.1, 0.15) is 5.69 Å². The van der Waals surface area contributed by atoms with E-state index in [0.29, 0.717) is 4.47 Å². The van der Waals surface area contributed by atoms with E-state index in [9.17, 15) is 17.6 Å². The van der Waals surface area contributed by atoms with Gasteiger partial charge in [0.25, 0.3) is 0 Å². The van der Waals surface area contributed by atoms with Gasteiger partial charge in [-0.05, 0) is 18.2 Å². The first-order valence-corrected chi connectivity index (χ1v) is 5.64. The van der Waals surface area contributed by atoms with Crippen LogP contribution >= 0.6 is 15.9 Å². The molecule has 0 saturated heterocycles. The largest absolute Gasteiger partial charge is 0.434 e. The average Bonchev–Trinajstić information content (AvgIpc) is 2.60. The first-order valence-electron chi connectivity index (χ1n) is 4.85. The maximum Gasteiger partial charge on any atom is 0.434 e. The zero-order chi connectivity index (χ0) is 13.5. The van der Waals surface area contributed by atoms with Crippen LogP contribution in [0.25, 0.3) is 11.4 Å². The molecule has 0 spiro atoms. The summed E-state index contributed by atoms with van der Waals surface area (Å²) in [5, 5.41) is 0. The van der Waals surface area contributed by atoms with Crippen LogP contribution in [0.5, 0.6) is 0 Å². The van der Waals surface area contributed by atoms with Crippen LogP contribution in [0.3, 0.4) is 0 Å². The highest BCUT2D eigenvalue weighted by Gasteiger charge is 2.34. The fourth-order valence-corrected chi connectivity index (χ4v) is 1.86. The minimum absolute atomic E-state index is 0.0243. The van der Waals surface area contributed by atoms with Crippen molar-refractivity contribution < 1.29 is 17.6 Å². The number of halogens is 5. The summed E-state index contributed by atoms with van der Waals surface area (Å²) in [6, 6.07) is 4.10. The molecule has 0 aliphatic carbocycles. The Hall–Kier alpha value is -1.37. The Labute approximate surface area is 108 Å². The van der Waals surface area contributed by atoms with Crippen LogP contribution in [0.2, 0.25) is 0 Å². The maximum absolute atomic E-state index is 13.7. The molecule has 2 rings (SSSR count). The Morgan fingerprint density at radius 2 is 1.94 bits per heavy atom. The van der Waals surface area contributed by atoms with E-state index in [1.807, 2.05) is 0 Å². The van der Waals surface area contributed by atoms with Crippen molar-refractivity contribution in [3.05, 3.63) is 40.4 Å². The summed E-state index contributed by atoms with van der Waals surface area (Å²) < 4.78 is 52.8. The molecule has 0 fully saturated rings. The smallest absolute Gasteiger partial charge is 0.333 e. The van der Waals surface area contributed by atoms with Crippen LogP contribution in [-0.2, 0) is 13.2 Å². The van der Waals surface area contributed by atoms with Gasteiger partial charge in [0.2, 0.25) is 0 Å². The van der Waals surface area contributed by atoms with Crippen molar-refractivity contribution in [3.63, 3.8) is 0 Å². The van der Waals surface area contributed by atoms with Crippen LogP contribution < -0.4 is 0 Å². The predicted molar refractivity (Wildman–Crippen MR) is 61.3 cm³/mol. The van der Waals surface area contributed by atoms with Crippen molar-refractivity contribution in [1.29, 1.82) is 0 Å². The van der Waals surface area contributed by atoms with Gasteiger partial charge in [0.15, 0.2) is 5.69 Å². The molecule has 2 nitrogen and oxygen atoms in total. The molecule has 96 valence electrons. The number of imidazole rings is 1. The summed E-state index contributed by atoms with van der Waals surface area (Å²) >= 11 is 3.08. The monoisotopic (exact) mass is 322 g/mol. The SMILES string of the molecule is Cn1cc(C(F)(F)F)nc1-c1ccc(Br)cc1F. The highest BCUT2D eigenvalue weighted by molar-refractivity contribution is 9.10. The third-order valence-corrected chi connectivity index (χ3v) is 2.83. The van der Waals surface area contributed by atoms with Gasteiger partial charge in [-0.1, -0.05) is 15.9 Å². The van der Waals surface area contributed by atoms with Crippen LogP contribution in [0.4, 0.5) is 17.6 Å². The molecule has 0 radical (unpaired) electrons. The van der Waals surface area contributed by atoms with Crippen LogP contribution in [-0.4, -0.2) is 9.55 Å². The summed E-state index contributed by atoms with van der Waals surface area (Å²) in [4.78, 5) is 3.42. The van der Waals surface area contributed by atoms with Crippen LogP contribution in [0.15, 0.2) is 28.9 Å². The number of nitrogens with zero attached hydrogens (tertiary/aromatic N) is 2. The third-order valence-electron chi connectivity index (χ3n) is 2.34. The lowest BCUT2D eigenvalue weighted by Crippen LogP contribution is -2.04. The summed E-state index contributed by atoms with van der Waals surface area (Å²) in [5.74, 6) is -0.695. The molecule has 1 aromatic heterocycles. The lowest BCUT2D eigenvalue weighted by molar-refractivity contribution is -0.140. The van der Waals surface area contributed by atoms with Gasteiger partial charge in [0, 0.05) is 17.7 Å². The lowest BCUT2D eigenvalue weighted by atomic mass is 10.2. The number of hydrogen-bond acceptors (Lipinski definition) is 1. The molecule has 7 heteroatoms. The van der Waals surface area contributed by atoms with Gasteiger partial charge in [0.05, 0.1) is 5.56 Å². The summed E-state index contributed by atoms with van der Waals surface area (Å²) in [6.45, 7) is 0. The van der Waals surface area contributed by atoms with Crippen molar-refractivity contribution in [3.8, 4) is 11.4 Å². The summed E-state index contributed by atoms with van der Waals surface area (Å²) in [6.07, 6.45) is -3.71. The van der Waals surface area contributed by atoms with Crippen molar-refractivity contribution in [2.45, 2.75) is 6.18 Å². The first kappa shape index (κ1) is 13.1. The topological polar surface area (TPSA) is 17.8 Å². The molecule has 2 aromatic rings. The fraction of sp³-hybridized carbons (Fsp3) is 0.182. The van der Waals surface area contributed by atoms with Crippen molar-refractivity contribution >= 4 is 15.9 Å². The molecular formula is C11H7BrF4N2. The molecule has 0 atom stereocenters. The molecule has 1 aromatic carbocycles. The Bertz CT molecular complexity index is 589. The molecule has 0 unspecified atom stereocenters. The fourth-order valence-electron chi connectivity index (χ4n) is 1.52. The predicted octanol–water partition coefficient (Wildman–Crippen LogP) is 4.01. The molecule has 0 aliphatic rings. The average molecular weight is 323 g/mol. The molecule has 0 amide bonds. The maximum atomic E-state index is 13.7. The number of alkyl halides is 3. The number of rotatable bonds is 1. The molecular weight excluding hydrogens is 316 g/mol. The second-order valence-corrected chi connectivity index (χ2v) is 4.60. The second-order valence-electron chi connectivity index (χ2n) is 3.68. The normalized spacial score (nSPS) is 11.9. The number of aryl methyl sites for hydroxylation is 1. The molecule has 0 N–H and O–H groups in total. The molecule has 0 bridgehead atoms. The van der Waals surface area contributed by atoms with Crippen molar-refractivity contribution in [1.82, 2.24) is 9.55 Å². The van der Waals surface area contributed by atoms with Gasteiger partial charge in [-0.15, -0.1) is 0 Å². The molecule has 1 heterocycles. The second kappa shape index (κ2) is 4.38. The Balaban J connectivity index is 2.55. The van der Waals surface area contributed by atoms with E-state index in [2.05, 4.69) is 20.9 Å². The minimum atomic E-state index is -4.54. The number of aromatic nitrogens is 2. The molecule has 18 heavy (non-hydrogen) atoms. The Morgan fingerprint density at radius 1 is 1.28 bits per heavy atom. The van der Waals surface area contributed by atoms with Gasteiger partial charge in [-0.3, -0.25) is 0 Å². The zero-order valence-electron chi connectivity index (χ0n) is 9.09. The van der Waals surface area contributed by atoms with Gasteiger partial charge in [-0.25, -0.2) is 9.37 Å². The molecule has 0 aliphatic heterocycles. The van der Waals surface area contributed by atoms with E-state index in [1.165, 1.54) is 19.2 Å². The van der Waals surface area contributed by atoms with E-state index >= 15 is 0 Å². The van der Waals surface area contributed by atoms with Crippen molar-refractivity contribution in [2.75, 3.05) is 0 Å². The minimum Gasteiger partial charge on any atom is -0.333 e. The Morgan fingerprint density at radius 3 is 2.44 bits per heavy atom. The third kappa shape index (κ3) is 2.40. The van der Waals surface area contributed by atoms with E-state index < -0.39 is 17.7 Å². The van der Waals surface area contributed by atoms with E-state index in [1.54, 1.807) is 6.07 Å². The van der Waals surface area contributed by atoms with Gasteiger partial charge < -0.3 is 4.57 Å². The van der Waals surface area contributed by atoms with E-state index in [0.717, 1.165) is 10.8 Å². The Kier molecular flexibility index (Phi) is 3.18. The quantitative estimate of drug-likeness (QED) is 0.725. The highest BCUT2D eigenvalue weighted by Crippen LogP contribution is 2.31. The van der Waals surface area contributed by atoms with E-state index in [-0.39, 0.29) is 11.4 Å². The standard InChI is InChI=1S/C11H7BrF4N2/c1-18-5-9(11(14,15)16)17-10(18)7-3-2-6(12)4-8(7)13/h2-5H,1H3. The number of benzene rings is 1. The van der Waals surface area contributed by atoms with Gasteiger partial charge >= 0.3 is 6.18 Å². The summed E-state index contributed by atoms with van der Waals surface area (Å²) in [5.41, 5.74) is -1.02. The number of hydrogen-bond donors (Lipinski definition) is 0. The van der Waals surface area contributed by atoms with E-state index in [4.69, 9.17) is 0 Å². The van der Waals surface area contributed by atoms with Crippen molar-refractivity contribution in [2.24, 2.45) is 7.05 Å². The van der Waals surface area contributed by atoms with Crippen LogP contribution in [0, 0.1) is 5.82 Å². The first-order chi connectivity index (χ1) is 8.29. The zero-order valence-corrected chi connectivity index (χ0v) is 10.7.